The molecule has 0 radical (unpaired) electrons. The fourth-order valence-electron chi connectivity index (χ4n) is 5.08. The van der Waals surface area contributed by atoms with E-state index in [2.05, 4.69) is 37.4 Å². The van der Waals surface area contributed by atoms with Crippen LogP contribution in [0.25, 0.3) is 5.57 Å². The lowest BCUT2D eigenvalue weighted by atomic mass is 9.86. The largest absolute Gasteiger partial charge is 0.508 e. The molecule has 8 heteroatoms. The van der Waals surface area contributed by atoms with Gasteiger partial charge in [0.2, 0.25) is 5.91 Å². The first kappa shape index (κ1) is 26.0. The minimum absolute atomic E-state index is 0.00171. The second-order valence-electron chi connectivity index (χ2n) is 9.68. The second-order valence-corrected chi connectivity index (χ2v) is 12.9. The zero-order valence-electron chi connectivity index (χ0n) is 20.3. The molecule has 1 saturated heterocycles. The van der Waals surface area contributed by atoms with Crippen LogP contribution in [0, 0.1) is 11.8 Å². The Morgan fingerprint density at radius 2 is 1.84 bits per heavy atom. The van der Waals surface area contributed by atoms with Crippen molar-refractivity contribution in [3.63, 3.8) is 0 Å². The van der Waals surface area contributed by atoms with E-state index in [-0.39, 0.29) is 50.3 Å². The van der Waals surface area contributed by atoms with E-state index in [1.54, 1.807) is 12.1 Å². The van der Waals surface area contributed by atoms with Gasteiger partial charge in [0.1, 0.15) is 17.2 Å². The Balaban J connectivity index is 1.22. The molecule has 1 aliphatic carbocycles. The van der Waals surface area contributed by atoms with Gasteiger partial charge in [-0.05, 0) is 58.2 Å². The SMILES string of the molecule is O=C(Cc1ccc(O)cc1O)N1CCC(CNC2=CC(c3ccccc3O)=CC3=C(Br)C=ICC23)CC1. The van der Waals surface area contributed by atoms with Gasteiger partial charge >= 0.3 is 0 Å². The van der Waals surface area contributed by atoms with Gasteiger partial charge in [0.05, 0.1) is 6.42 Å². The molecule has 0 bridgehead atoms. The summed E-state index contributed by atoms with van der Waals surface area (Å²) in [6.45, 7) is 2.25. The van der Waals surface area contributed by atoms with Crippen LogP contribution in [-0.4, -0.2) is 54.2 Å². The van der Waals surface area contributed by atoms with Crippen LogP contribution in [0.3, 0.4) is 0 Å². The maximum Gasteiger partial charge on any atom is 0.227 e. The van der Waals surface area contributed by atoms with Crippen LogP contribution in [0.5, 0.6) is 17.2 Å². The fourth-order valence-corrected chi connectivity index (χ4v) is 8.75. The maximum absolute atomic E-state index is 12.8. The Morgan fingerprint density at radius 1 is 1.05 bits per heavy atom. The summed E-state index contributed by atoms with van der Waals surface area (Å²) in [5, 5.41) is 33.7. The van der Waals surface area contributed by atoms with Gasteiger partial charge in [-0.2, -0.15) is 0 Å². The van der Waals surface area contributed by atoms with E-state index < -0.39 is 0 Å². The molecule has 0 saturated carbocycles. The van der Waals surface area contributed by atoms with Gasteiger partial charge in [-0.1, -0.05) is 40.2 Å². The minimum atomic E-state index is -0.0479. The molecule has 0 aromatic heterocycles. The quantitative estimate of drug-likeness (QED) is 0.249. The Labute approximate surface area is 235 Å². The number of carbonyl (C=O) groups is 1. The molecule has 1 amide bonds. The van der Waals surface area contributed by atoms with Gasteiger partial charge in [0.15, 0.2) is 0 Å². The van der Waals surface area contributed by atoms with Crippen molar-refractivity contribution < 1.29 is 20.1 Å². The number of hydrogen-bond donors (Lipinski definition) is 4. The predicted octanol–water partition coefficient (Wildman–Crippen LogP) is 5.21. The van der Waals surface area contributed by atoms with Gasteiger partial charge in [0.25, 0.3) is 0 Å². The van der Waals surface area contributed by atoms with Gasteiger partial charge < -0.3 is 25.5 Å². The molecule has 2 aliphatic heterocycles. The molecule has 5 rings (SSSR count). The number of phenols is 3. The molecular formula is C29H30BrIN2O4. The monoisotopic (exact) mass is 676 g/mol. The lowest BCUT2D eigenvalue weighted by molar-refractivity contribution is -0.131. The minimum Gasteiger partial charge on any atom is -0.508 e. The summed E-state index contributed by atoms with van der Waals surface area (Å²) in [6.07, 6.45) is 6.38. The van der Waals surface area contributed by atoms with Crippen molar-refractivity contribution in [2.24, 2.45) is 11.8 Å². The molecule has 2 heterocycles. The topological polar surface area (TPSA) is 93.0 Å². The van der Waals surface area contributed by atoms with Gasteiger partial charge in [-0.25, -0.2) is 0 Å². The molecule has 3 aliphatic rings. The third-order valence-electron chi connectivity index (χ3n) is 7.25. The summed E-state index contributed by atoms with van der Waals surface area (Å²) in [5.41, 5.74) is 4.86. The molecule has 2 aromatic carbocycles. The lowest BCUT2D eigenvalue weighted by Crippen LogP contribution is -2.41. The van der Waals surface area contributed by atoms with Gasteiger partial charge in [0, 0.05) is 57.4 Å². The molecule has 6 nitrogen and oxygen atoms in total. The number of para-hydroxylation sites is 1. The summed E-state index contributed by atoms with van der Waals surface area (Å²) < 4.78 is 4.66. The Kier molecular flexibility index (Phi) is 8.04. The standard InChI is InChI=1S/C29H30BrIN2O4/c30-25-16-31-15-24-23(25)11-20(22-3-1-2-4-27(22)35)12-26(24)32-17-18-7-9-33(10-8-18)29(37)13-19-5-6-21(34)14-28(19)36/h1-6,11-12,14,16,18,24,32,34-36H,7-10,13,15,17H2. The number of benzene rings is 2. The average molecular weight is 677 g/mol. The van der Waals surface area contributed by atoms with Crippen molar-refractivity contribution in [1.29, 1.82) is 0 Å². The van der Waals surface area contributed by atoms with Crippen LogP contribution in [0.1, 0.15) is 24.0 Å². The summed E-state index contributed by atoms with van der Waals surface area (Å²) in [6, 6.07) is 11.8. The Bertz CT molecular complexity index is 1320. The summed E-state index contributed by atoms with van der Waals surface area (Å²) in [4.78, 5) is 14.7. The van der Waals surface area contributed by atoms with Crippen molar-refractivity contribution in [3.05, 3.63) is 81.5 Å². The van der Waals surface area contributed by atoms with Crippen molar-refractivity contribution in [1.82, 2.24) is 10.2 Å². The summed E-state index contributed by atoms with van der Waals surface area (Å²) in [7, 11) is 0. The number of nitrogens with one attached hydrogen (secondary N) is 1. The predicted molar refractivity (Wildman–Crippen MR) is 159 cm³/mol. The lowest BCUT2D eigenvalue weighted by Gasteiger charge is -2.34. The average Bonchev–Trinajstić information content (AvgIpc) is 2.90. The maximum atomic E-state index is 12.8. The van der Waals surface area contributed by atoms with Crippen molar-refractivity contribution >= 4 is 52.2 Å². The molecule has 2 aromatic rings. The summed E-state index contributed by atoms with van der Waals surface area (Å²) in [5.74, 6) is 1.04. The first-order valence-electron chi connectivity index (χ1n) is 12.4. The number of halogens is 2. The third-order valence-corrected chi connectivity index (χ3v) is 11.2. The fraction of sp³-hybridized carbons (Fsp3) is 0.310. The number of nitrogens with zero attached hydrogens (tertiary/aromatic N) is 1. The van der Waals surface area contributed by atoms with Crippen molar-refractivity contribution in [3.8, 4) is 17.2 Å². The van der Waals surface area contributed by atoms with Crippen LogP contribution >= 0.6 is 36.7 Å². The van der Waals surface area contributed by atoms with Crippen LogP contribution < -0.4 is 5.32 Å². The summed E-state index contributed by atoms with van der Waals surface area (Å²) >= 11 is 3.77. The van der Waals surface area contributed by atoms with E-state index >= 15 is 0 Å². The molecule has 1 fully saturated rings. The number of likely N-dealkylation sites (tertiary alicyclic amines) is 1. The van der Waals surface area contributed by atoms with E-state index in [1.165, 1.54) is 27.9 Å². The van der Waals surface area contributed by atoms with Gasteiger partial charge in [-0.15, -0.1) is 20.7 Å². The molecule has 37 heavy (non-hydrogen) atoms. The molecule has 0 spiro atoms. The number of fused-ring (bicyclic) bond motifs is 1. The number of hydrogen-bond acceptors (Lipinski definition) is 5. The van der Waals surface area contributed by atoms with Crippen LogP contribution in [0.15, 0.2) is 70.4 Å². The van der Waals surface area contributed by atoms with Crippen LogP contribution in [-0.2, 0) is 11.2 Å². The first-order chi connectivity index (χ1) is 17.9. The number of allylic oxidation sites excluding steroid dienone is 5. The highest BCUT2D eigenvalue weighted by Crippen LogP contribution is 2.41. The molecule has 1 atom stereocenters. The highest BCUT2D eigenvalue weighted by atomic mass is 127. The number of rotatable bonds is 6. The van der Waals surface area contributed by atoms with Crippen molar-refractivity contribution in [2.45, 2.75) is 19.3 Å². The number of amides is 1. The molecule has 4 N–H and O–H groups in total. The van der Waals surface area contributed by atoms with E-state index in [1.807, 2.05) is 23.1 Å². The number of carbonyl (C=O) groups excluding carboxylic acids is 1. The second kappa shape index (κ2) is 11.4. The smallest absolute Gasteiger partial charge is 0.227 e. The van der Waals surface area contributed by atoms with E-state index in [0.29, 0.717) is 30.5 Å². The van der Waals surface area contributed by atoms with Gasteiger partial charge in [-0.3, -0.25) is 4.79 Å². The van der Waals surface area contributed by atoms with Crippen molar-refractivity contribution in [2.75, 3.05) is 24.1 Å². The number of alkyl halides is 1. The molecule has 1 unspecified atom stereocenters. The third kappa shape index (κ3) is 5.95. The molecular weight excluding hydrogens is 647 g/mol. The van der Waals surface area contributed by atoms with Crippen LogP contribution in [0.2, 0.25) is 0 Å². The molecule has 194 valence electrons. The highest BCUT2D eigenvalue weighted by Gasteiger charge is 2.28. The number of phenolic OH excluding ortho intramolecular Hbond substituents is 3. The number of piperidine rings is 1. The Morgan fingerprint density at radius 3 is 2.59 bits per heavy atom. The zero-order valence-corrected chi connectivity index (χ0v) is 24.1. The van der Waals surface area contributed by atoms with E-state index in [0.717, 1.165) is 35.0 Å². The van der Waals surface area contributed by atoms with E-state index in [4.69, 9.17) is 0 Å². The normalized spacial score (nSPS) is 20.0. The van der Waals surface area contributed by atoms with E-state index in [9.17, 15) is 20.1 Å². The number of aromatic hydroxyl groups is 3. The zero-order chi connectivity index (χ0) is 25.9. The first-order valence-corrected chi connectivity index (χ1v) is 16.0. The highest BCUT2D eigenvalue weighted by molar-refractivity contribution is 14.2. The Hall–Kier alpha value is -2.59. The van der Waals surface area contributed by atoms with Crippen LogP contribution in [0.4, 0.5) is 0 Å².